The van der Waals surface area contributed by atoms with E-state index < -0.39 is 18.0 Å². The zero-order chi connectivity index (χ0) is 15.8. The molecule has 0 heterocycles. The number of carbonyl (C=O) groups excluding carboxylic acids is 1. The van der Waals surface area contributed by atoms with Crippen molar-refractivity contribution in [1.29, 1.82) is 5.26 Å². The van der Waals surface area contributed by atoms with Gasteiger partial charge in [-0.25, -0.2) is 9.59 Å². The highest BCUT2D eigenvalue weighted by atomic mass is 79.9. The molecule has 0 spiro atoms. The first-order chi connectivity index (χ1) is 9.97. The first kappa shape index (κ1) is 17.3. The maximum Gasteiger partial charge on any atom is 0.326 e. The Morgan fingerprint density at radius 3 is 2.81 bits per heavy atom. The van der Waals surface area contributed by atoms with Crippen LogP contribution in [0, 0.1) is 11.3 Å². The Labute approximate surface area is 135 Å². The molecule has 0 fully saturated rings. The van der Waals surface area contributed by atoms with Crippen molar-refractivity contribution in [2.24, 2.45) is 0 Å². The lowest BCUT2D eigenvalue weighted by Crippen LogP contribution is -2.43. The molecule has 112 valence electrons. The fraction of sp³-hybridized carbons (Fsp3) is 0.308. The maximum absolute atomic E-state index is 11.8. The fourth-order valence-corrected chi connectivity index (χ4v) is 2.36. The number of halogens is 1. The van der Waals surface area contributed by atoms with Gasteiger partial charge in [0.1, 0.15) is 12.1 Å². The highest BCUT2D eigenvalue weighted by Gasteiger charge is 2.19. The summed E-state index contributed by atoms with van der Waals surface area (Å²) in [6, 6.07) is 5.17. The number of thioether (sulfide) groups is 1. The molecule has 21 heavy (non-hydrogen) atoms. The van der Waals surface area contributed by atoms with Crippen molar-refractivity contribution >= 4 is 45.4 Å². The van der Waals surface area contributed by atoms with E-state index in [0.717, 1.165) is 0 Å². The predicted molar refractivity (Wildman–Crippen MR) is 85.4 cm³/mol. The van der Waals surface area contributed by atoms with E-state index in [-0.39, 0.29) is 5.56 Å². The van der Waals surface area contributed by atoms with Crippen LogP contribution in [0.25, 0.3) is 0 Å². The van der Waals surface area contributed by atoms with Gasteiger partial charge in [-0.1, -0.05) is 15.9 Å². The van der Waals surface area contributed by atoms with Gasteiger partial charge in [0.05, 0.1) is 11.3 Å². The molecule has 0 saturated carbocycles. The number of benzene rings is 1. The van der Waals surface area contributed by atoms with Crippen molar-refractivity contribution in [2.45, 2.75) is 12.5 Å². The summed E-state index contributed by atoms with van der Waals surface area (Å²) in [6.45, 7) is 0. The van der Waals surface area contributed by atoms with Gasteiger partial charge < -0.3 is 15.7 Å². The second-order valence-electron chi connectivity index (χ2n) is 4.07. The van der Waals surface area contributed by atoms with E-state index in [0.29, 0.717) is 22.3 Å². The van der Waals surface area contributed by atoms with E-state index >= 15 is 0 Å². The summed E-state index contributed by atoms with van der Waals surface area (Å²) in [6.07, 6.45) is 2.19. The summed E-state index contributed by atoms with van der Waals surface area (Å²) in [5.74, 6) is -0.464. The molecule has 1 aromatic rings. The molecule has 1 aromatic carbocycles. The van der Waals surface area contributed by atoms with Crippen LogP contribution in [-0.4, -0.2) is 35.2 Å². The first-order valence-corrected chi connectivity index (χ1v) is 8.15. The zero-order valence-electron chi connectivity index (χ0n) is 11.2. The molecular formula is C13H14BrN3O3S. The second-order valence-corrected chi connectivity index (χ2v) is 5.97. The molecule has 0 radical (unpaired) electrons. The monoisotopic (exact) mass is 371 g/mol. The van der Waals surface area contributed by atoms with E-state index in [1.165, 1.54) is 11.8 Å². The largest absolute Gasteiger partial charge is 0.480 e. The van der Waals surface area contributed by atoms with E-state index in [4.69, 9.17) is 10.4 Å². The molecule has 0 aromatic heterocycles. The van der Waals surface area contributed by atoms with Gasteiger partial charge in [-0.05, 0) is 36.6 Å². The lowest BCUT2D eigenvalue weighted by molar-refractivity contribution is -0.139. The van der Waals surface area contributed by atoms with Crippen LogP contribution >= 0.6 is 27.7 Å². The summed E-state index contributed by atoms with van der Waals surface area (Å²) >= 11 is 4.73. The minimum Gasteiger partial charge on any atom is -0.480 e. The van der Waals surface area contributed by atoms with Crippen LogP contribution in [0.1, 0.15) is 12.0 Å². The number of carboxylic acid groups (broad SMARTS) is 1. The SMILES string of the molecule is CSCC[C@@H](NC(=O)Nc1ccc(Br)cc1C#N)C(=O)O. The minimum atomic E-state index is -1.09. The number of nitrogens with one attached hydrogen (secondary N) is 2. The molecule has 0 saturated heterocycles. The van der Waals surface area contributed by atoms with E-state index in [1.54, 1.807) is 18.2 Å². The summed E-state index contributed by atoms with van der Waals surface area (Å²) in [5.41, 5.74) is 0.614. The van der Waals surface area contributed by atoms with Crippen molar-refractivity contribution in [1.82, 2.24) is 5.32 Å². The number of carbonyl (C=O) groups is 2. The van der Waals surface area contributed by atoms with Gasteiger partial charge in [-0.15, -0.1) is 0 Å². The Kier molecular flexibility index (Phi) is 7.05. The van der Waals surface area contributed by atoms with Gasteiger partial charge in [0, 0.05) is 4.47 Å². The molecule has 0 aliphatic carbocycles. The molecule has 0 aliphatic rings. The Morgan fingerprint density at radius 2 is 2.24 bits per heavy atom. The summed E-state index contributed by atoms with van der Waals surface area (Å²) in [4.78, 5) is 22.9. The Balaban J connectivity index is 2.72. The molecule has 8 heteroatoms. The van der Waals surface area contributed by atoms with Crippen LogP contribution in [0.5, 0.6) is 0 Å². The number of nitriles is 1. The molecule has 2 amide bonds. The van der Waals surface area contributed by atoms with Crippen LogP contribution in [-0.2, 0) is 4.79 Å². The van der Waals surface area contributed by atoms with Crippen LogP contribution < -0.4 is 10.6 Å². The maximum atomic E-state index is 11.8. The number of carboxylic acids is 1. The van der Waals surface area contributed by atoms with E-state index in [2.05, 4.69) is 26.6 Å². The number of rotatable bonds is 6. The standard InChI is InChI=1S/C13H14BrN3O3S/c1-21-5-4-11(12(18)19)17-13(20)16-10-3-2-9(14)6-8(10)7-15/h2-3,6,11H,4-5H2,1H3,(H,18,19)(H2,16,17,20)/t11-/m1/s1. The van der Waals surface area contributed by atoms with Crippen LogP contribution in [0.3, 0.4) is 0 Å². The molecule has 0 unspecified atom stereocenters. The number of urea groups is 1. The topological polar surface area (TPSA) is 102 Å². The lowest BCUT2D eigenvalue weighted by atomic mass is 10.2. The molecule has 1 rings (SSSR count). The summed E-state index contributed by atoms with van der Waals surface area (Å²) in [7, 11) is 0. The van der Waals surface area contributed by atoms with E-state index in [9.17, 15) is 9.59 Å². The minimum absolute atomic E-state index is 0.288. The molecule has 0 aliphatic heterocycles. The van der Waals surface area contributed by atoms with Gasteiger partial charge in [0.25, 0.3) is 0 Å². The van der Waals surface area contributed by atoms with Crippen molar-refractivity contribution in [3.8, 4) is 6.07 Å². The third-order valence-electron chi connectivity index (χ3n) is 2.56. The number of aliphatic carboxylic acids is 1. The summed E-state index contributed by atoms with van der Waals surface area (Å²) < 4.78 is 0.716. The average molecular weight is 372 g/mol. The zero-order valence-corrected chi connectivity index (χ0v) is 13.6. The van der Waals surface area contributed by atoms with Crippen molar-refractivity contribution in [3.05, 3.63) is 28.2 Å². The highest BCUT2D eigenvalue weighted by Crippen LogP contribution is 2.20. The molecular weight excluding hydrogens is 358 g/mol. The molecule has 6 nitrogen and oxygen atoms in total. The van der Waals surface area contributed by atoms with Gasteiger partial charge in [-0.3, -0.25) is 0 Å². The van der Waals surface area contributed by atoms with Crippen molar-refractivity contribution < 1.29 is 14.7 Å². The predicted octanol–water partition coefficient (Wildman–Crippen LogP) is 2.65. The lowest BCUT2D eigenvalue weighted by Gasteiger charge is -2.15. The third-order valence-corrected chi connectivity index (χ3v) is 3.70. The normalized spacial score (nSPS) is 11.3. The first-order valence-electron chi connectivity index (χ1n) is 5.96. The van der Waals surface area contributed by atoms with Crippen LogP contribution in [0.2, 0.25) is 0 Å². The number of hydrogen-bond acceptors (Lipinski definition) is 4. The average Bonchev–Trinajstić information content (AvgIpc) is 2.44. The Hall–Kier alpha value is -1.72. The molecule has 0 bridgehead atoms. The molecule has 1 atom stereocenters. The van der Waals surface area contributed by atoms with Gasteiger partial charge in [0.15, 0.2) is 0 Å². The number of hydrogen-bond donors (Lipinski definition) is 3. The quantitative estimate of drug-likeness (QED) is 0.713. The van der Waals surface area contributed by atoms with Crippen LogP contribution in [0.4, 0.5) is 10.5 Å². The Morgan fingerprint density at radius 1 is 1.52 bits per heavy atom. The van der Waals surface area contributed by atoms with Gasteiger partial charge >= 0.3 is 12.0 Å². The van der Waals surface area contributed by atoms with Gasteiger partial charge in [0.2, 0.25) is 0 Å². The number of anilines is 1. The van der Waals surface area contributed by atoms with E-state index in [1.807, 2.05) is 12.3 Å². The number of nitrogens with zero attached hydrogens (tertiary/aromatic N) is 1. The smallest absolute Gasteiger partial charge is 0.326 e. The Bertz CT molecular complexity index is 574. The number of amides is 2. The summed E-state index contributed by atoms with van der Waals surface area (Å²) in [5, 5.41) is 22.9. The van der Waals surface area contributed by atoms with Crippen molar-refractivity contribution in [2.75, 3.05) is 17.3 Å². The second kappa shape index (κ2) is 8.54. The van der Waals surface area contributed by atoms with Crippen molar-refractivity contribution in [3.63, 3.8) is 0 Å². The highest BCUT2D eigenvalue weighted by molar-refractivity contribution is 9.10. The molecule has 3 N–H and O–H groups in total. The third kappa shape index (κ3) is 5.65. The van der Waals surface area contributed by atoms with Crippen LogP contribution in [0.15, 0.2) is 22.7 Å². The van der Waals surface area contributed by atoms with Gasteiger partial charge in [-0.2, -0.15) is 17.0 Å². The fourth-order valence-electron chi connectivity index (χ4n) is 1.53.